The van der Waals surface area contributed by atoms with Gasteiger partial charge in [0.05, 0.1) is 12.2 Å². The van der Waals surface area contributed by atoms with Crippen molar-refractivity contribution in [3.05, 3.63) is 51.9 Å². The topological polar surface area (TPSA) is 90.3 Å². The number of esters is 1. The lowest BCUT2D eigenvalue weighted by molar-refractivity contribution is -0.116. The summed E-state index contributed by atoms with van der Waals surface area (Å²) in [6, 6.07) is 7.82. The molecule has 1 amide bonds. The number of carbonyl (C=O) groups is 2. The summed E-state index contributed by atoms with van der Waals surface area (Å²) in [5.74, 6) is -0.841. The fraction of sp³-hybridized carbons (Fsp3) is 0.294. The van der Waals surface area contributed by atoms with Crippen LogP contribution in [0.5, 0.6) is 0 Å². The van der Waals surface area contributed by atoms with Gasteiger partial charge in [0.15, 0.2) is 5.16 Å². The van der Waals surface area contributed by atoms with Gasteiger partial charge in [-0.3, -0.25) is 14.2 Å². The maximum atomic E-state index is 12.3. The second kappa shape index (κ2) is 8.48. The first-order valence-electron chi connectivity index (χ1n) is 7.64. The lowest BCUT2D eigenvalue weighted by Gasteiger charge is -2.11. The van der Waals surface area contributed by atoms with Crippen LogP contribution in [0.1, 0.15) is 23.0 Å². The van der Waals surface area contributed by atoms with Crippen LogP contribution in [0.3, 0.4) is 0 Å². The summed E-state index contributed by atoms with van der Waals surface area (Å²) in [5.41, 5.74) is 1.12. The molecule has 1 aromatic carbocycles. The van der Waals surface area contributed by atoms with Gasteiger partial charge in [-0.05, 0) is 38.3 Å². The Labute approximate surface area is 149 Å². The fourth-order valence-electron chi connectivity index (χ4n) is 2.18. The molecule has 25 heavy (non-hydrogen) atoms. The van der Waals surface area contributed by atoms with Crippen molar-refractivity contribution in [2.45, 2.75) is 25.5 Å². The molecule has 0 saturated heterocycles. The molecular formula is C17H19N3O4S. The molecule has 0 spiro atoms. The lowest BCUT2D eigenvalue weighted by Crippen LogP contribution is -2.29. The Balaban J connectivity index is 2.15. The van der Waals surface area contributed by atoms with Gasteiger partial charge >= 0.3 is 5.97 Å². The average molecular weight is 361 g/mol. The number of aryl methyl sites for hydroxylation is 1. The van der Waals surface area contributed by atoms with Gasteiger partial charge in [-0.15, -0.1) is 0 Å². The van der Waals surface area contributed by atoms with Gasteiger partial charge in [-0.2, -0.15) is 0 Å². The molecule has 132 valence electrons. The number of hydrogen-bond acceptors (Lipinski definition) is 6. The smallest absolute Gasteiger partial charge is 0.338 e. The third-order valence-electron chi connectivity index (χ3n) is 3.24. The number of hydrogen-bond donors (Lipinski definition) is 1. The van der Waals surface area contributed by atoms with E-state index in [1.54, 1.807) is 38.3 Å². The number of nitrogens with zero attached hydrogens (tertiary/aromatic N) is 2. The zero-order chi connectivity index (χ0) is 18.4. The molecule has 1 N–H and O–H groups in total. The maximum absolute atomic E-state index is 12.3. The van der Waals surface area contributed by atoms with E-state index in [-0.39, 0.29) is 24.6 Å². The standard InChI is InChI=1S/C17H19N3O4S/c1-4-24-16(23)12-6-5-7-13(9-12)19-14(21)10-20-15(22)8-11(2)18-17(20)25-3/h5-9H,4,10H2,1-3H3,(H,19,21). The molecule has 0 saturated carbocycles. The third kappa shape index (κ3) is 4.93. The Bertz CT molecular complexity index is 848. The molecule has 8 heteroatoms. The largest absolute Gasteiger partial charge is 0.462 e. The molecule has 0 aliphatic heterocycles. The number of benzene rings is 1. The van der Waals surface area contributed by atoms with Crippen molar-refractivity contribution in [2.24, 2.45) is 0 Å². The highest BCUT2D eigenvalue weighted by Gasteiger charge is 2.12. The highest BCUT2D eigenvalue weighted by atomic mass is 32.2. The minimum Gasteiger partial charge on any atom is -0.462 e. The molecule has 0 atom stereocenters. The van der Waals surface area contributed by atoms with Crippen molar-refractivity contribution >= 4 is 29.3 Å². The molecule has 0 fully saturated rings. The summed E-state index contributed by atoms with van der Waals surface area (Å²) in [7, 11) is 0. The molecule has 1 heterocycles. The minimum atomic E-state index is -0.456. The van der Waals surface area contributed by atoms with Crippen LogP contribution in [0.25, 0.3) is 0 Å². The zero-order valence-electron chi connectivity index (χ0n) is 14.2. The highest BCUT2D eigenvalue weighted by Crippen LogP contribution is 2.13. The Morgan fingerprint density at radius 3 is 2.76 bits per heavy atom. The number of carbonyl (C=O) groups excluding carboxylic acids is 2. The number of thioether (sulfide) groups is 1. The predicted molar refractivity (Wildman–Crippen MR) is 96.0 cm³/mol. The number of aromatic nitrogens is 2. The van der Waals surface area contributed by atoms with E-state index < -0.39 is 5.97 Å². The van der Waals surface area contributed by atoms with Gasteiger partial charge in [-0.1, -0.05) is 17.8 Å². The molecule has 0 aliphatic carbocycles. The van der Waals surface area contributed by atoms with E-state index >= 15 is 0 Å². The number of rotatable bonds is 6. The normalized spacial score (nSPS) is 10.4. The summed E-state index contributed by atoms with van der Waals surface area (Å²) in [6.45, 7) is 3.56. The van der Waals surface area contributed by atoms with Crippen molar-refractivity contribution in [2.75, 3.05) is 18.2 Å². The van der Waals surface area contributed by atoms with E-state index in [0.29, 0.717) is 22.1 Å². The van der Waals surface area contributed by atoms with E-state index in [2.05, 4.69) is 10.3 Å². The molecule has 0 unspecified atom stereocenters. The van der Waals surface area contributed by atoms with Crippen molar-refractivity contribution in [3.8, 4) is 0 Å². The quantitative estimate of drug-likeness (QED) is 0.481. The highest BCUT2D eigenvalue weighted by molar-refractivity contribution is 7.98. The second-order valence-corrected chi connectivity index (χ2v) is 5.93. The molecule has 2 aromatic rings. The molecular weight excluding hydrogens is 342 g/mol. The van der Waals surface area contributed by atoms with Gasteiger partial charge in [0, 0.05) is 17.4 Å². The van der Waals surface area contributed by atoms with Gasteiger partial charge in [0.25, 0.3) is 5.56 Å². The summed E-state index contributed by atoms with van der Waals surface area (Å²) in [5, 5.41) is 3.15. The molecule has 0 radical (unpaired) electrons. The molecule has 2 rings (SSSR count). The Hall–Kier alpha value is -2.61. The van der Waals surface area contributed by atoms with E-state index in [4.69, 9.17) is 4.74 Å². The minimum absolute atomic E-state index is 0.161. The zero-order valence-corrected chi connectivity index (χ0v) is 15.1. The number of anilines is 1. The first-order valence-corrected chi connectivity index (χ1v) is 8.86. The van der Waals surface area contributed by atoms with Crippen LogP contribution in [0.2, 0.25) is 0 Å². The van der Waals surface area contributed by atoms with Gasteiger partial charge in [0.2, 0.25) is 5.91 Å². The van der Waals surface area contributed by atoms with E-state index in [1.165, 1.54) is 28.5 Å². The first kappa shape index (κ1) is 18.7. The monoisotopic (exact) mass is 361 g/mol. The molecule has 1 aromatic heterocycles. The number of ether oxygens (including phenoxy) is 1. The van der Waals surface area contributed by atoms with Crippen LogP contribution < -0.4 is 10.9 Å². The average Bonchev–Trinajstić information content (AvgIpc) is 2.57. The first-order chi connectivity index (χ1) is 11.9. The molecule has 7 nitrogen and oxygen atoms in total. The van der Waals surface area contributed by atoms with E-state index in [0.717, 1.165) is 0 Å². The van der Waals surface area contributed by atoms with E-state index in [1.807, 2.05) is 0 Å². The summed E-state index contributed by atoms with van der Waals surface area (Å²) in [4.78, 5) is 40.4. The molecule has 0 aliphatic rings. The van der Waals surface area contributed by atoms with Crippen LogP contribution in [-0.4, -0.2) is 34.3 Å². The Morgan fingerprint density at radius 2 is 2.08 bits per heavy atom. The number of nitrogens with one attached hydrogen (secondary N) is 1. The van der Waals surface area contributed by atoms with Crippen molar-refractivity contribution in [1.82, 2.24) is 9.55 Å². The summed E-state index contributed by atoms with van der Waals surface area (Å²) in [6.07, 6.45) is 1.79. The van der Waals surface area contributed by atoms with E-state index in [9.17, 15) is 14.4 Å². The fourth-order valence-corrected chi connectivity index (χ4v) is 2.79. The molecule has 0 bridgehead atoms. The van der Waals surface area contributed by atoms with Crippen LogP contribution in [-0.2, 0) is 16.1 Å². The maximum Gasteiger partial charge on any atom is 0.338 e. The third-order valence-corrected chi connectivity index (χ3v) is 3.92. The van der Waals surface area contributed by atoms with Crippen LogP contribution in [0.4, 0.5) is 5.69 Å². The second-order valence-electron chi connectivity index (χ2n) is 5.16. The SMILES string of the molecule is CCOC(=O)c1cccc(NC(=O)Cn2c(SC)nc(C)cc2=O)c1. The van der Waals surface area contributed by atoms with Gasteiger partial charge in [0.1, 0.15) is 6.54 Å². The lowest BCUT2D eigenvalue weighted by atomic mass is 10.2. The summed E-state index contributed by atoms with van der Waals surface area (Å²) >= 11 is 1.29. The van der Waals surface area contributed by atoms with Crippen molar-refractivity contribution in [1.29, 1.82) is 0 Å². The van der Waals surface area contributed by atoms with Gasteiger partial charge in [-0.25, -0.2) is 9.78 Å². The van der Waals surface area contributed by atoms with Crippen LogP contribution in [0, 0.1) is 6.92 Å². The Morgan fingerprint density at radius 1 is 1.32 bits per heavy atom. The van der Waals surface area contributed by atoms with Gasteiger partial charge < -0.3 is 10.1 Å². The summed E-state index contributed by atoms with van der Waals surface area (Å²) < 4.78 is 6.24. The van der Waals surface area contributed by atoms with Crippen molar-refractivity contribution in [3.63, 3.8) is 0 Å². The predicted octanol–water partition coefficient (Wildman–Crippen LogP) is 2.09. The van der Waals surface area contributed by atoms with Crippen molar-refractivity contribution < 1.29 is 14.3 Å². The number of amides is 1. The Kier molecular flexibility index (Phi) is 6.35. The van der Waals surface area contributed by atoms with Crippen LogP contribution in [0.15, 0.2) is 40.3 Å². The van der Waals surface area contributed by atoms with Crippen LogP contribution >= 0.6 is 11.8 Å².